The van der Waals surface area contributed by atoms with Crippen molar-refractivity contribution in [3.05, 3.63) is 11.9 Å². The summed E-state index contributed by atoms with van der Waals surface area (Å²) >= 11 is 0. The van der Waals surface area contributed by atoms with E-state index in [0.717, 1.165) is 12.8 Å². The van der Waals surface area contributed by atoms with Crippen LogP contribution in [0, 0.1) is 0 Å². The van der Waals surface area contributed by atoms with E-state index in [2.05, 4.69) is 27.5 Å². The van der Waals surface area contributed by atoms with E-state index in [9.17, 15) is 4.79 Å². The molecule has 0 saturated heterocycles. The molecular weight excluding hydrogens is 230 g/mol. The highest BCUT2D eigenvalue weighted by molar-refractivity contribution is 5.80. The van der Waals surface area contributed by atoms with Crippen molar-refractivity contribution < 1.29 is 4.79 Å². The topological polar surface area (TPSA) is 92.9 Å². The molecule has 0 aliphatic carbocycles. The quantitative estimate of drug-likeness (QED) is 0.700. The Balaban J connectivity index is 2.58. The first kappa shape index (κ1) is 14.2. The molecule has 0 unspecified atom stereocenters. The number of nitrogens with one attached hydrogen (secondary N) is 2. The third kappa shape index (κ3) is 4.99. The average molecular weight is 251 g/mol. The predicted octanol–water partition coefficient (Wildman–Crippen LogP) is 0.948. The third-order valence-electron chi connectivity index (χ3n) is 2.15. The van der Waals surface area contributed by atoms with Crippen LogP contribution in [-0.4, -0.2) is 28.5 Å². The minimum absolute atomic E-state index is 0.0702. The van der Waals surface area contributed by atoms with Gasteiger partial charge in [0.25, 0.3) is 0 Å². The molecule has 1 aromatic heterocycles. The minimum Gasteiger partial charge on any atom is -0.384 e. The maximum absolute atomic E-state index is 11.5. The molecule has 1 amide bonds. The van der Waals surface area contributed by atoms with Crippen molar-refractivity contribution >= 4 is 17.5 Å². The molecule has 1 rings (SSSR count). The predicted molar refractivity (Wildman–Crippen MR) is 72.2 cm³/mol. The summed E-state index contributed by atoms with van der Waals surface area (Å²) in [6, 6.07) is 1.76. The zero-order valence-corrected chi connectivity index (χ0v) is 11.2. The monoisotopic (exact) mass is 251 g/mol. The number of anilines is 2. The van der Waals surface area contributed by atoms with Gasteiger partial charge in [-0.1, -0.05) is 6.92 Å². The number of hydrogen-bond acceptors (Lipinski definition) is 5. The number of amides is 1. The molecule has 0 atom stereocenters. The molecule has 100 valence electrons. The molecule has 0 saturated carbocycles. The van der Waals surface area contributed by atoms with Gasteiger partial charge in [-0.25, -0.2) is 9.97 Å². The number of nitrogen functional groups attached to an aromatic ring is 1. The summed E-state index contributed by atoms with van der Waals surface area (Å²) < 4.78 is 0. The van der Waals surface area contributed by atoms with Gasteiger partial charge in [-0.15, -0.1) is 0 Å². The summed E-state index contributed by atoms with van der Waals surface area (Å²) in [5, 5.41) is 5.74. The second kappa shape index (κ2) is 6.78. The van der Waals surface area contributed by atoms with Gasteiger partial charge in [0.2, 0.25) is 5.91 Å². The van der Waals surface area contributed by atoms with Gasteiger partial charge in [0.05, 0.1) is 6.54 Å². The van der Waals surface area contributed by atoms with Crippen LogP contribution in [0.5, 0.6) is 0 Å². The fourth-order valence-electron chi connectivity index (χ4n) is 1.49. The van der Waals surface area contributed by atoms with Crippen molar-refractivity contribution in [1.82, 2.24) is 15.3 Å². The Morgan fingerprint density at radius 2 is 2.17 bits per heavy atom. The maximum atomic E-state index is 11.5. The zero-order chi connectivity index (χ0) is 13.5. The first-order chi connectivity index (χ1) is 8.51. The standard InChI is InChI=1S/C12H21N5O/c1-4-5-10-16-9(13)6-11(17-10)14-7-12(18)15-8(2)3/h6,8H,4-5,7H2,1-3H3,(H,15,18)(H3,13,14,16,17). The van der Waals surface area contributed by atoms with Gasteiger partial charge in [0, 0.05) is 18.5 Å². The molecule has 6 heteroatoms. The van der Waals surface area contributed by atoms with Gasteiger partial charge >= 0.3 is 0 Å². The van der Waals surface area contributed by atoms with Crippen LogP contribution in [0.1, 0.15) is 33.0 Å². The number of carbonyl (C=O) groups is 1. The van der Waals surface area contributed by atoms with Crippen LogP contribution in [0.4, 0.5) is 11.6 Å². The number of carbonyl (C=O) groups excluding carboxylic acids is 1. The van der Waals surface area contributed by atoms with E-state index in [4.69, 9.17) is 5.73 Å². The molecule has 4 N–H and O–H groups in total. The lowest BCUT2D eigenvalue weighted by molar-refractivity contribution is -0.119. The Morgan fingerprint density at radius 1 is 1.44 bits per heavy atom. The van der Waals surface area contributed by atoms with E-state index >= 15 is 0 Å². The van der Waals surface area contributed by atoms with Crippen molar-refractivity contribution in [2.75, 3.05) is 17.6 Å². The van der Waals surface area contributed by atoms with Crippen LogP contribution in [0.3, 0.4) is 0 Å². The van der Waals surface area contributed by atoms with Crippen molar-refractivity contribution in [2.24, 2.45) is 0 Å². The largest absolute Gasteiger partial charge is 0.384 e. The molecule has 6 nitrogen and oxygen atoms in total. The summed E-state index contributed by atoms with van der Waals surface area (Å²) in [7, 11) is 0. The molecule has 0 radical (unpaired) electrons. The minimum atomic E-state index is -0.0702. The number of hydrogen-bond donors (Lipinski definition) is 3. The molecule has 0 aliphatic rings. The molecule has 0 aliphatic heterocycles. The molecule has 0 fully saturated rings. The highest BCUT2D eigenvalue weighted by Crippen LogP contribution is 2.09. The summed E-state index contributed by atoms with van der Waals surface area (Å²) in [6.45, 7) is 6.07. The Kier molecular flexibility index (Phi) is 5.35. The Labute approximate surface area is 107 Å². The molecule has 18 heavy (non-hydrogen) atoms. The van der Waals surface area contributed by atoms with E-state index in [0.29, 0.717) is 17.5 Å². The number of rotatable bonds is 6. The van der Waals surface area contributed by atoms with Gasteiger partial charge in [-0.05, 0) is 20.3 Å². The molecular formula is C12H21N5O. The van der Waals surface area contributed by atoms with Crippen LogP contribution in [0.25, 0.3) is 0 Å². The second-order valence-electron chi connectivity index (χ2n) is 4.42. The van der Waals surface area contributed by atoms with E-state index in [1.54, 1.807) is 6.07 Å². The Hall–Kier alpha value is -1.85. The smallest absolute Gasteiger partial charge is 0.239 e. The van der Waals surface area contributed by atoms with Gasteiger partial charge < -0.3 is 16.4 Å². The maximum Gasteiger partial charge on any atom is 0.239 e. The van der Waals surface area contributed by atoms with Crippen LogP contribution in [-0.2, 0) is 11.2 Å². The third-order valence-corrected chi connectivity index (χ3v) is 2.15. The van der Waals surface area contributed by atoms with E-state index < -0.39 is 0 Å². The molecule has 1 heterocycles. The summed E-state index contributed by atoms with van der Waals surface area (Å²) in [4.78, 5) is 19.9. The number of nitrogens with two attached hydrogens (primary N) is 1. The number of aryl methyl sites for hydroxylation is 1. The van der Waals surface area contributed by atoms with Crippen LogP contribution in [0.2, 0.25) is 0 Å². The Bertz CT molecular complexity index is 405. The van der Waals surface area contributed by atoms with Gasteiger partial charge in [0.1, 0.15) is 17.5 Å². The van der Waals surface area contributed by atoms with Gasteiger partial charge in [0.15, 0.2) is 0 Å². The zero-order valence-electron chi connectivity index (χ0n) is 11.2. The summed E-state index contributed by atoms with van der Waals surface area (Å²) in [5.74, 6) is 1.63. The molecule has 0 aromatic carbocycles. The number of nitrogens with zero attached hydrogens (tertiary/aromatic N) is 2. The van der Waals surface area contributed by atoms with Crippen LogP contribution < -0.4 is 16.4 Å². The van der Waals surface area contributed by atoms with Gasteiger partial charge in [-0.3, -0.25) is 4.79 Å². The van der Waals surface area contributed by atoms with Crippen LogP contribution >= 0.6 is 0 Å². The Morgan fingerprint density at radius 3 is 2.78 bits per heavy atom. The first-order valence-corrected chi connectivity index (χ1v) is 6.18. The average Bonchev–Trinajstić information content (AvgIpc) is 2.25. The molecule has 0 spiro atoms. The van der Waals surface area contributed by atoms with Crippen LogP contribution in [0.15, 0.2) is 6.07 Å². The normalized spacial score (nSPS) is 10.4. The highest BCUT2D eigenvalue weighted by atomic mass is 16.1. The summed E-state index contributed by atoms with van der Waals surface area (Å²) in [5.41, 5.74) is 5.69. The lowest BCUT2D eigenvalue weighted by Crippen LogP contribution is -2.35. The fourth-order valence-corrected chi connectivity index (χ4v) is 1.49. The lowest BCUT2D eigenvalue weighted by atomic mass is 10.3. The van der Waals surface area contributed by atoms with E-state index in [-0.39, 0.29) is 18.5 Å². The molecule has 0 bridgehead atoms. The summed E-state index contributed by atoms with van der Waals surface area (Å²) in [6.07, 6.45) is 1.73. The first-order valence-electron chi connectivity index (χ1n) is 6.18. The van der Waals surface area contributed by atoms with Gasteiger partial charge in [-0.2, -0.15) is 0 Å². The lowest BCUT2D eigenvalue weighted by Gasteiger charge is -2.10. The van der Waals surface area contributed by atoms with Crippen molar-refractivity contribution in [2.45, 2.75) is 39.7 Å². The molecule has 1 aromatic rings. The highest BCUT2D eigenvalue weighted by Gasteiger charge is 2.05. The van der Waals surface area contributed by atoms with Crippen molar-refractivity contribution in [3.8, 4) is 0 Å². The van der Waals surface area contributed by atoms with E-state index in [1.807, 2.05) is 13.8 Å². The fraction of sp³-hybridized carbons (Fsp3) is 0.583. The van der Waals surface area contributed by atoms with Crippen molar-refractivity contribution in [3.63, 3.8) is 0 Å². The number of aromatic nitrogens is 2. The second-order valence-corrected chi connectivity index (χ2v) is 4.42. The SMILES string of the molecule is CCCc1nc(N)cc(NCC(=O)NC(C)C)n1. The van der Waals surface area contributed by atoms with E-state index in [1.165, 1.54) is 0 Å². The van der Waals surface area contributed by atoms with Crippen molar-refractivity contribution in [1.29, 1.82) is 0 Å².